The van der Waals surface area contributed by atoms with Gasteiger partial charge in [-0.05, 0) is 32.4 Å². The molecule has 0 aromatic carbocycles. The van der Waals surface area contributed by atoms with Crippen molar-refractivity contribution in [3.8, 4) is 0 Å². The molecule has 1 aromatic rings. The van der Waals surface area contributed by atoms with E-state index in [1.807, 2.05) is 13.0 Å². The van der Waals surface area contributed by atoms with Gasteiger partial charge in [-0.3, -0.25) is 4.79 Å². The van der Waals surface area contributed by atoms with Crippen molar-refractivity contribution in [2.75, 3.05) is 0 Å². The van der Waals surface area contributed by atoms with E-state index in [1.54, 1.807) is 27.1 Å². The molecular weight excluding hydrogens is 166 g/mol. The Morgan fingerprint density at radius 1 is 1.46 bits per heavy atom. The Bertz CT molecular complexity index is 371. The first-order valence-corrected chi connectivity index (χ1v) is 4.23. The van der Waals surface area contributed by atoms with Crippen LogP contribution in [0.15, 0.2) is 17.1 Å². The molecule has 3 nitrogen and oxygen atoms in total. The molecule has 72 valence electrons. The molecule has 0 atom stereocenters. The summed E-state index contributed by atoms with van der Waals surface area (Å²) in [7, 11) is 1.68. The second-order valence-electron chi connectivity index (χ2n) is 3.85. The molecule has 0 bridgehead atoms. The number of rotatable bonds is 1. The largest absolute Gasteiger partial charge is 0.386 e. The molecule has 0 fully saturated rings. The highest BCUT2D eigenvalue weighted by Crippen LogP contribution is 2.18. The molecule has 0 aliphatic rings. The van der Waals surface area contributed by atoms with Gasteiger partial charge in [0.05, 0.1) is 11.2 Å². The third kappa shape index (κ3) is 1.80. The molecule has 0 spiro atoms. The van der Waals surface area contributed by atoms with E-state index < -0.39 is 5.60 Å². The average Bonchev–Trinajstić information content (AvgIpc) is 1.95. The molecule has 0 saturated carbocycles. The zero-order valence-corrected chi connectivity index (χ0v) is 8.46. The number of aryl methyl sites for hydroxylation is 2. The predicted molar refractivity (Wildman–Crippen MR) is 51.7 cm³/mol. The van der Waals surface area contributed by atoms with Crippen molar-refractivity contribution >= 4 is 0 Å². The summed E-state index contributed by atoms with van der Waals surface area (Å²) in [5.74, 6) is 0. The Hall–Kier alpha value is -1.09. The van der Waals surface area contributed by atoms with E-state index in [1.165, 1.54) is 4.57 Å². The summed E-state index contributed by atoms with van der Waals surface area (Å²) in [5, 5.41) is 9.76. The number of aromatic nitrogens is 1. The minimum Gasteiger partial charge on any atom is -0.386 e. The van der Waals surface area contributed by atoms with Gasteiger partial charge in [0.1, 0.15) is 0 Å². The Morgan fingerprint density at radius 3 is 2.38 bits per heavy atom. The van der Waals surface area contributed by atoms with Gasteiger partial charge in [0.15, 0.2) is 0 Å². The summed E-state index contributed by atoms with van der Waals surface area (Å²) in [4.78, 5) is 11.6. The fraction of sp³-hybridized carbons (Fsp3) is 0.500. The van der Waals surface area contributed by atoms with Gasteiger partial charge in [0.2, 0.25) is 0 Å². The lowest BCUT2D eigenvalue weighted by atomic mass is 9.96. The average molecular weight is 181 g/mol. The summed E-state index contributed by atoms with van der Waals surface area (Å²) in [6.07, 6.45) is 1.70. The molecule has 13 heavy (non-hydrogen) atoms. The zero-order chi connectivity index (χ0) is 10.2. The summed E-state index contributed by atoms with van der Waals surface area (Å²) in [5.41, 5.74) is 0.0980. The smallest absolute Gasteiger partial charge is 0.256 e. The van der Waals surface area contributed by atoms with Gasteiger partial charge in [0, 0.05) is 13.2 Å². The predicted octanol–water partition coefficient (Wildman–Crippen LogP) is 0.921. The third-order valence-corrected chi connectivity index (χ3v) is 2.09. The van der Waals surface area contributed by atoms with Crippen LogP contribution in [0.5, 0.6) is 0 Å². The number of nitrogens with zero attached hydrogens (tertiary/aromatic N) is 1. The Labute approximate surface area is 77.6 Å². The Kier molecular flexibility index (Phi) is 2.30. The molecule has 1 heterocycles. The van der Waals surface area contributed by atoms with Crippen LogP contribution in [0.25, 0.3) is 0 Å². The molecule has 0 saturated heterocycles. The first-order valence-electron chi connectivity index (χ1n) is 4.23. The van der Waals surface area contributed by atoms with Crippen molar-refractivity contribution in [1.82, 2.24) is 4.57 Å². The van der Waals surface area contributed by atoms with Gasteiger partial charge < -0.3 is 9.67 Å². The lowest BCUT2D eigenvalue weighted by Crippen LogP contribution is -2.31. The summed E-state index contributed by atoms with van der Waals surface area (Å²) < 4.78 is 1.47. The van der Waals surface area contributed by atoms with Crippen molar-refractivity contribution in [3.05, 3.63) is 33.7 Å². The first-order chi connectivity index (χ1) is 5.84. The maximum atomic E-state index is 11.6. The second kappa shape index (κ2) is 3.00. The highest BCUT2D eigenvalue weighted by Gasteiger charge is 2.22. The Morgan fingerprint density at radius 2 is 2.00 bits per heavy atom. The van der Waals surface area contributed by atoms with Gasteiger partial charge in [-0.25, -0.2) is 0 Å². The fourth-order valence-electron chi connectivity index (χ4n) is 1.46. The topological polar surface area (TPSA) is 42.2 Å². The molecule has 0 radical (unpaired) electrons. The molecule has 0 aliphatic heterocycles. The van der Waals surface area contributed by atoms with Crippen LogP contribution in [-0.2, 0) is 12.6 Å². The van der Waals surface area contributed by atoms with Gasteiger partial charge >= 0.3 is 0 Å². The molecule has 0 unspecified atom stereocenters. The molecular formula is C10H15NO2. The number of hydrogen-bond donors (Lipinski definition) is 1. The Balaban J connectivity index is 3.53. The maximum Gasteiger partial charge on any atom is 0.256 e. The van der Waals surface area contributed by atoms with E-state index >= 15 is 0 Å². The number of pyridine rings is 1. The SMILES string of the molecule is Cc1ccn(C)c(=O)c1C(C)(C)O. The monoisotopic (exact) mass is 181 g/mol. The van der Waals surface area contributed by atoms with Crippen LogP contribution in [-0.4, -0.2) is 9.67 Å². The highest BCUT2D eigenvalue weighted by molar-refractivity contribution is 5.27. The fourth-order valence-corrected chi connectivity index (χ4v) is 1.46. The normalized spacial score (nSPS) is 11.8. The lowest BCUT2D eigenvalue weighted by molar-refractivity contribution is 0.0759. The summed E-state index contributed by atoms with van der Waals surface area (Å²) in [6.45, 7) is 5.07. The van der Waals surface area contributed by atoms with Gasteiger partial charge in [0.25, 0.3) is 5.56 Å². The molecule has 0 amide bonds. The van der Waals surface area contributed by atoms with E-state index in [4.69, 9.17) is 0 Å². The summed E-state index contributed by atoms with van der Waals surface area (Å²) >= 11 is 0. The molecule has 0 aliphatic carbocycles. The van der Waals surface area contributed by atoms with Crippen molar-refractivity contribution in [3.63, 3.8) is 0 Å². The van der Waals surface area contributed by atoms with Crippen molar-refractivity contribution in [2.24, 2.45) is 7.05 Å². The van der Waals surface area contributed by atoms with Crippen LogP contribution in [0.4, 0.5) is 0 Å². The highest BCUT2D eigenvalue weighted by atomic mass is 16.3. The van der Waals surface area contributed by atoms with Crippen LogP contribution in [0.1, 0.15) is 25.0 Å². The van der Waals surface area contributed by atoms with E-state index in [-0.39, 0.29) is 5.56 Å². The van der Waals surface area contributed by atoms with Crippen LogP contribution in [0.2, 0.25) is 0 Å². The minimum atomic E-state index is -1.07. The second-order valence-corrected chi connectivity index (χ2v) is 3.85. The van der Waals surface area contributed by atoms with Crippen LogP contribution in [0, 0.1) is 6.92 Å². The van der Waals surface area contributed by atoms with E-state index in [0.717, 1.165) is 5.56 Å². The van der Waals surface area contributed by atoms with E-state index in [2.05, 4.69) is 0 Å². The lowest BCUT2D eigenvalue weighted by Gasteiger charge is -2.19. The standard InChI is InChI=1S/C10H15NO2/c1-7-5-6-11(4)9(12)8(7)10(2,3)13/h5-6,13H,1-4H3. The molecule has 3 heteroatoms. The number of aliphatic hydroxyl groups is 1. The van der Waals surface area contributed by atoms with Gasteiger partial charge in [-0.15, -0.1) is 0 Å². The van der Waals surface area contributed by atoms with E-state index in [0.29, 0.717) is 5.56 Å². The number of hydrogen-bond acceptors (Lipinski definition) is 2. The van der Waals surface area contributed by atoms with Crippen molar-refractivity contribution in [1.29, 1.82) is 0 Å². The molecule has 1 aromatic heterocycles. The van der Waals surface area contributed by atoms with Gasteiger partial charge in [-0.2, -0.15) is 0 Å². The zero-order valence-electron chi connectivity index (χ0n) is 8.46. The third-order valence-electron chi connectivity index (χ3n) is 2.09. The van der Waals surface area contributed by atoms with Gasteiger partial charge in [-0.1, -0.05) is 0 Å². The van der Waals surface area contributed by atoms with Crippen LogP contribution < -0.4 is 5.56 Å². The summed E-state index contributed by atoms with van der Waals surface area (Å²) in [6, 6.07) is 1.83. The first kappa shape index (κ1) is 9.99. The minimum absolute atomic E-state index is 0.132. The van der Waals surface area contributed by atoms with E-state index in [9.17, 15) is 9.90 Å². The van der Waals surface area contributed by atoms with Crippen molar-refractivity contribution < 1.29 is 5.11 Å². The van der Waals surface area contributed by atoms with Crippen molar-refractivity contribution in [2.45, 2.75) is 26.4 Å². The van der Waals surface area contributed by atoms with Crippen LogP contribution in [0.3, 0.4) is 0 Å². The maximum absolute atomic E-state index is 11.6. The quantitative estimate of drug-likeness (QED) is 0.700. The molecule has 1 rings (SSSR count). The molecule has 1 N–H and O–H groups in total. The van der Waals surface area contributed by atoms with Crippen LogP contribution >= 0.6 is 0 Å².